The van der Waals surface area contributed by atoms with Gasteiger partial charge in [0.2, 0.25) is 0 Å². The van der Waals surface area contributed by atoms with Gasteiger partial charge in [0.05, 0.1) is 9.52 Å². The summed E-state index contributed by atoms with van der Waals surface area (Å²) in [6, 6.07) is 12.5. The van der Waals surface area contributed by atoms with Crippen molar-refractivity contribution in [2.45, 2.75) is 59.4 Å². The second kappa shape index (κ2) is 7.79. The van der Waals surface area contributed by atoms with E-state index in [-0.39, 0.29) is 9.52 Å². The minimum absolute atomic E-state index is 0.163. The molecular formula is C20H30Si. The summed E-state index contributed by atoms with van der Waals surface area (Å²) in [7, 11) is -0.163. The summed E-state index contributed by atoms with van der Waals surface area (Å²) in [5.41, 5.74) is 6.61. The normalized spacial score (nSPS) is 19.3. The third-order valence-corrected chi connectivity index (χ3v) is 7.04. The Morgan fingerprint density at radius 2 is 1.67 bits per heavy atom. The van der Waals surface area contributed by atoms with Gasteiger partial charge in [-0.05, 0) is 44.4 Å². The number of hydrogen-bond acceptors (Lipinski definition) is 0. The molecule has 0 N–H and O–H groups in total. The lowest BCUT2D eigenvalue weighted by Crippen LogP contribution is -2.15. The maximum absolute atomic E-state index is 2.37. The van der Waals surface area contributed by atoms with Gasteiger partial charge >= 0.3 is 0 Å². The second-order valence-electron chi connectivity index (χ2n) is 6.49. The molecule has 0 saturated heterocycles. The first kappa shape index (κ1) is 16.3. The molecule has 0 aromatic heterocycles. The highest BCUT2D eigenvalue weighted by atomic mass is 28.2. The maximum atomic E-state index is 2.37. The highest BCUT2D eigenvalue weighted by Gasteiger charge is 2.26. The monoisotopic (exact) mass is 298 g/mol. The quantitative estimate of drug-likeness (QED) is 0.503. The van der Waals surface area contributed by atoms with Gasteiger partial charge in [-0.2, -0.15) is 0 Å². The van der Waals surface area contributed by atoms with E-state index in [1.165, 1.54) is 31.7 Å². The first-order valence-corrected chi connectivity index (χ1v) is 10.3. The van der Waals surface area contributed by atoms with Crippen molar-refractivity contribution < 1.29 is 0 Å². The van der Waals surface area contributed by atoms with Crippen molar-refractivity contribution in [1.29, 1.82) is 0 Å². The topological polar surface area (TPSA) is 0 Å². The highest BCUT2D eigenvalue weighted by molar-refractivity contribution is 6.54. The first-order chi connectivity index (χ1) is 10.1. The van der Waals surface area contributed by atoms with Crippen molar-refractivity contribution in [2.75, 3.05) is 0 Å². The van der Waals surface area contributed by atoms with Crippen molar-refractivity contribution in [3.8, 4) is 0 Å². The van der Waals surface area contributed by atoms with Crippen LogP contribution in [-0.4, -0.2) is 9.52 Å². The summed E-state index contributed by atoms with van der Waals surface area (Å²) in [6.07, 6.45) is 5.46. The fourth-order valence-electron chi connectivity index (χ4n) is 3.60. The van der Waals surface area contributed by atoms with Gasteiger partial charge in [-0.15, -0.1) is 0 Å². The van der Waals surface area contributed by atoms with Gasteiger partial charge in [0.25, 0.3) is 0 Å². The van der Waals surface area contributed by atoms with E-state index in [0.29, 0.717) is 0 Å². The third-order valence-electron chi connectivity index (χ3n) is 5.20. The average molecular weight is 299 g/mol. The van der Waals surface area contributed by atoms with Crippen LogP contribution >= 0.6 is 0 Å². The van der Waals surface area contributed by atoms with Crippen LogP contribution in [0.25, 0.3) is 0 Å². The Kier molecular flexibility index (Phi) is 6.04. The summed E-state index contributed by atoms with van der Waals surface area (Å²) in [5.74, 6) is 0.757. The molecule has 1 aliphatic rings. The van der Waals surface area contributed by atoms with Crippen molar-refractivity contribution in [2.24, 2.45) is 5.92 Å². The molecular weight excluding hydrogens is 268 g/mol. The van der Waals surface area contributed by atoms with Crippen LogP contribution in [0.4, 0.5) is 0 Å². The van der Waals surface area contributed by atoms with Crippen LogP contribution in [0.3, 0.4) is 0 Å². The van der Waals surface area contributed by atoms with Crippen molar-refractivity contribution in [1.82, 2.24) is 0 Å². The number of hydrogen-bond donors (Lipinski definition) is 0. The summed E-state index contributed by atoms with van der Waals surface area (Å²) < 4.78 is 0. The summed E-state index contributed by atoms with van der Waals surface area (Å²) >= 11 is 0. The number of allylic oxidation sites excluding steroid dienone is 4. The van der Waals surface area contributed by atoms with Gasteiger partial charge in [0.1, 0.15) is 0 Å². The summed E-state index contributed by atoms with van der Waals surface area (Å²) in [6.45, 7) is 9.35. The molecule has 1 heteroatoms. The van der Waals surface area contributed by atoms with Gasteiger partial charge in [-0.25, -0.2) is 0 Å². The van der Waals surface area contributed by atoms with Gasteiger partial charge < -0.3 is 0 Å². The van der Waals surface area contributed by atoms with E-state index in [0.717, 1.165) is 5.92 Å². The molecule has 1 aliphatic carbocycles. The van der Waals surface area contributed by atoms with Crippen molar-refractivity contribution >= 4 is 14.7 Å². The Morgan fingerprint density at radius 1 is 0.952 bits per heavy atom. The summed E-state index contributed by atoms with van der Waals surface area (Å²) in [4.78, 5) is 0. The molecule has 0 radical (unpaired) electrons. The average Bonchev–Trinajstić information content (AvgIpc) is 2.71. The van der Waals surface area contributed by atoms with Crippen LogP contribution in [-0.2, 0) is 0 Å². The molecule has 2 rings (SSSR count). The zero-order valence-electron chi connectivity index (χ0n) is 14.2. The molecule has 0 fully saturated rings. The molecule has 114 valence electrons. The Balaban J connectivity index is 2.04. The first-order valence-electron chi connectivity index (χ1n) is 8.56. The minimum Gasteiger partial charge on any atom is -0.0666 e. The largest absolute Gasteiger partial charge is 0.0666 e. The van der Waals surface area contributed by atoms with Crippen LogP contribution in [0.5, 0.6) is 0 Å². The van der Waals surface area contributed by atoms with Gasteiger partial charge in [-0.3, -0.25) is 0 Å². The maximum Gasteiger partial charge on any atom is 0.0587 e. The molecule has 1 aromatic carbocycles. The number of rotatable bonds is 7. The Bertz CT molecular complexity index is 522. The predicted molar refractivity (Wildman–Crippen MR) is 98.1 cm³/mol. The number of unbranched alkanes of at least 4 members (excludes halogenated alkanes) is 2. The van der Waals surface area contributed by atoms with Crippen molar-refractivity contribution in [3.63, 3.8) is 0 Å². The molecule has 21 heavy (non-hydrogen) atoms. The zero-order chi connectivity index (χ0) is 15.2. The Labute approximate surface area is 133 Å². The van der Waals surface area contributed by atoms with Gasteiger partial charge in [-0.1, -0.05) is 72.9 Å². The SMILES string of the molecule is CCCCCC1C(C)=C(C)C(C)=C1C[SiH2]c1ccccc1. The molecule has 0 amide bonds. The van der Waals surface area contributed by atoms with Crippen LogP contribution in [0.15, 0.2) is 52.6 Å². The van der Waals surface area contributed by atoms with E-state index in [9.17, 15) is 0 Å². The molecule has 1 aromatic rings. The summed E-state index contributed by atoms with van der Waals surface area (Å²) in [5, 5.41) is 1.60. The molecule has 0 saturated carbocycles. The fraction of sp³-hybridized carbons (Fsp3) is 0.500. The predicted octanol–water partition coefficient (Wildman–Crippen LogP) is 4.76. The lowest BCUT2D eigenvalue weighted by molar-refractivity contribution is 0.576. The molecule has 0 spiro atoms. The van der Waals surface area contributed by atoms with E-state index in [1.54, 1.807) is 27.5 Å². The second-order valence-corrected chi connectivity index (χ2v) is 8.31. The molecule has 0 bridgehead atoms. The van der Waals surface area contributed by atoms with Crippen LogP contribution < -0.4 is 5.19 Å². The molecule has 0 aliphatic heterocycles. The lowest BCUT2D eigenvalue weighted by atomic mass is 9.91. The molecule has 1 unspecified atom stereocenters. The lowest BCUT2D eigenvalue weighted by Gasteiger charge is -2.18. The van der Waals surface area contributed by atoms with Gasteiger partial charge in [0, 0.05) is 5.92 Å². The van der Waals surface area contributed by atoms with Crippen LogP contribution in [0.1, 0.15) is 53.4 Å². The van der Waals surface area contributed by atoms with Crippen molar-refractivity contribution in [3.05, 3.63) is 52.6 Å². The standard InChI is InChI=1S/C20H30Si/c1-5-6-8-13-19-16(3)15(2)17(4)20(19)14-21-18-11-9-7-10-12-18/h7,9-12,19H,5-6,8,13-14,21H2,1-4H3. The smallest absolute Gasteiger partial charge is 0.0587 e. The highest BCUT2D eigenvalue weighted by Crippen LogP contribution is 2.41. The van der Waals surface area contributed by atoms with E-state index < -0.39 is 0 Å². The molecule has 0 heterocycles. The van der Waals surface area contributed by atoms with E-state index in [2.05, 4.69) is 58.0 Å². The zero-order valence-corrected chi connectivity index (χ0v) is 15.6. The Morgan fingerprint density at radius 3 is 2.33 bits per heavy atom. The molecule has 0 nitrogen and oxygen atoms in total. The van der Waals surface area contributed by atoms with Gasteiger partial charge in [0.15, 0.2) is 0 Å². The molecule has 1 atom stereocenters. The van der Waals surface area contributed by atoms with Crippen LogP contribution in [0, 0.1) is 5.92 Å². The number of benzene rings is 1. The van der Waals surface area contributed by atoms with E-state index in [1.807, 2.05) is 0 Å². The minimum atomic E-state index is -0.163. The van der Waals surface area contributed by atoms with E-state index >= 15 is 0 Å². The van der Waals surface area contributed by atoms with Crippen LogP contribution in [0.2, 0.25) is 6.04 Å². The Hall–Kier alpha value is -1.08. The fourth-order valence-corrected chi connectivity index (χ4v) is 5.48. The third kappa shape index (κ3) is 3.97. The van der Waals surface area contributed by atoms with E-state index in [4.69, 9.17) is 0 Å².